The Hall–Kier alpha value is -2.15. The van der Waals surface area contributed by atoms with Crippen LogP contribution in [0.15, 0.2) is 24.3 Å². The second kappa shape index (κ2) is 6.36. The van der Waals surface area contributed by atoms with Gasteiger partial charge in [-0.3, -0.25) is 4.79 Å². The molecule has 4 heteroatoms. The molecule has 0 aliphatic carbocycles. The summed E-state index contributed by atoms with van der Waals surface area (Å²) in [6.45, 7) is 0.196. The second-order valence-corrected chi connectivity index (χ2v) is 3.04. The second-order valence-electron chi connectivity index (χ2n) is 3.04. The zero-order valence-electron chi connectivity index (χ0n) is 9.12. The summed E-state index contributed by atoms with van der Waals surface area (Å²) in [7, 11) is 1.84. The van der Waals surface area contributed by atoms with E-state index < -0.39 is 0 Å². The number of carbonyl (C=O) groups is 1. The van der Waals surface area contributed by atoms with Gasteiger partial charge in [0.2, 0.25) is 0 Å². The lowest BCUT2D eigenvalue weighted by molar-refractivity contribution is -0.122. The number of ether oxygens (including phenoxy) is 1. The van der Waals surface area contributed by atoms with Crippen LogP contribution in [-0.2, 0) is 4.79 Å². The topological polar surface area (TPSA) is 50.4 Å². The van der Waals surface area contributed by atoms with Crippen molar-refractivity contribution in [3.8, 4) is 18.1 Å². The van der Waals surface area contributed by atoms with E-state index in [-0.39, 0.29) is 19.1 Å². The summed E-state index contributed by atoms with van der Waals surface area (Å²) >= 11 is 0. The highest BCUT2D eigenvalue weighted by Gasteiger charge is 2.00. The summed E-state index contributed by atoms with van der Waals surface area (Å²) in [6.07, 6.45) is 5.00. The van der Waals surface area contributed by atoms with Gasteiger partial charge in [-0.2, -0.15) is 0 Å². The lowest BCUT2D eigenvalue weighted by atomic mass is 10.3. The molecule has 1 aromatic carbocycles. The highest BCUT2D eigenvalue weighted by molar-refractivity contribution is 5.77. The minimum atomic E-state index is -0.226. The average Bonchev–Trinajstić information content (AvgIpc) is 2.34. The van der Waals surface area contributed by atoms with E-state index >= 15 is 0 Å². The number of anilines is 1. The van der Waals surface area contributed by atoms with Gasteiger partial charge in [-0.15, -0.1) is 6.42 Å². The Morgan fingerprint density at radius 3 is 2.69 bits per heavy atom. The molecule has 0 heterocycles. The smallest absolute Gasteiger partial charge is 0.258 e. The van der Waals surface area contributed by atoms with Gasteiger partial charge in [0.25, 0.3) is 5.91 Å². The number of carbonyl (C=O) groups excluding carboxylic acids is 1. The van der Waals surface area contributed by atoms with Gasteiger partial charge in [-0.05, 0) is 24.3 Å². The molecule has 1 rings (SSSR count). The van der Waals surface area contributed by atoms with Crippen LogP contribution in [0, 0.1) is 12.3 Å². The van der Waals surface area contributed by atoms with Crippen molar-refractivity contribution in [1.29, 1.82) is 0 Å². The quantitative estimate of drug-likeness (QED) is 0.721. The predicted octanol–water partition coefficient (Wildman–Crippen LogP) is 0.856. The van der Waals surface area contributed by atoms with Crippen molar-refractivity contribution in [3.05, 3.63) is 24.3 Å². The number of rotatable bonds is 5. The van der Waals surface area contributed by atoms with E-state index in [2.05, 4.69) is 16.6 Å². The first-order valence-corrected chi connectivity index (χ1v) is 4.87. The Balaban J connectivity index is 2.37. The molecule has 0 aliphatic heterocycles. The third-order valence-corrected chi connectivity index (χ3v) is 1.90. The third kappa shape index (κ3) is 3.93. The molecular formula is C12H14N2O2. The Labute approximate surface area is 95.0 Å². The van der Waals surface area contributed by atoms with Gasteiger partial charge >= 0.3 is 0 Å². The van der Waals surface area contributed by atoms with E-state index in [1.54, 1.807) is 12.1 Å². The molecule has 0 aromatic heterocycles. The normalized spacial score (nSPS) is 9.00. The van der Waals surface area contributed by atoms with Crippen molar-refractivity contribution in [2.24, 2.45) is 0 Å². The van der Waals surface area contributed by atoms with E-state index in [1.807, 2.05) is 19.2 Å². The monoisotopic (exact) mass is 218 g/mol. The fourth-order valence-electron chi connectivity index (χ4n) is 1.07. The van der Waals surface area contributed by atoms with Crippen molar-refractivity contribution >= 4 is 11.6 Å². The third-order valence-electron chi connectivity index (χ3n) is 1.90. The summed E-state index contributed by atoms with van der Waals surface area (Å²) < 4.78 is 5.26. The maximum Gasteiger partial charge on any atom is 0.258 e. The fourth-order valence-corrected chi connectivity index (χ4v) is 1.07. The molecule has 0 atom stereocenters. The first kappa shape index (κ1) is 11.9. The number of hydrogen-bond donors (Lipinski definition) is 2. The molecule has 84 valence electrons. The van der Waals surface area contributed by atoms with Crippen LogP contribution < -0.4 is 15.4 Å². The highest BCUT2D eigenvalue weighted by Crippen LogP contribution is 2.14. The van der Waals surface area contributed by atoms with Crippen LogP contribution >= 0.6 is 0 Å². The van der Waals surface area contributed by atoms with Crippen molar-refractivity contribution in [3.63, 3.8) is 0 Å². The minimum Gasteiger partial charge on any atom is -0.484 e. The molecule has 0 spiro atoms. The maximum absolute atomic E-state index is 11.2. The van der Waals surface area contributed by atoms with Crippen molar-refractivity contribution in [1.82, 2.24) is 5.32 Å². The van der Waals surface area contributed by atoms with Crippen LogP contribution in [0.3, 0.4) is 0 Å². The van der Waals surface area contributed by atoms with Crippen LogP contribution in [0.2, 0.25) is 0 Å². The van der Waals surface area contributed by atoms with Gasteiger partial charge in [-0.25, -0.2) is 0 Å². The van der Waals surface area contributed by atoms with Crippen molar-refractivity contribution < 1.29 is 9.53 Å². The van der Waals surface area contributed by atoms with Crippen LogP contribution in [-0.4, -0.2) is 26.1 Å². The number of benzene rings is 1. The summed E-state index contributed by atoms with van der Waals surface area (Å²) in [4.78, 5) is 11.2. The molecule has 0 saturated carbocycles. The minimum absolute atomic E-state index is 0.0272. The molecule has 0 radical (unpaired) electrons. The predicted molar refractivity (Wildman–Crippen MR) is 63.3 cm³/mol. The molecule has 16 heavy (non-hydrogen) atoms. The van der Waals surface area contributed by atoms with Crippen LogP contribution in [0.1, 0.15) is 0 Å². The van der Waals surface area contributed by atoms with E-state index in [0.29, 0.717) is 5.75 Å². The Morgan fingerprint density at radius 1 is 1.44 bits per heavy atom. The van der Waals surface area contributed by atoms with Gasteiger partial charge in [0.15, 0.2) is 6.61 Å². The van der Waals surface area contributed by atoms with Gasteiger partial charge in [0.05, 0.1) is 6.54 Å². The van der Waals surface area contributed by atoms with Crippen LogP contribution in [0.25, 0.3) is 0 Å². The summed E-state index contributed by atoms with van der Waals surface area (Å²) in [5, 5.41) is 5.50. The van der Waals surface area contributed by atoms with Gasteiger partial charge < -0.3 is 15.4 Å². The van der Waals surface area contributed by atoms with E-state index in [9.17, 15) is 4.79 Å². The lowest BCUT2D eigenvalue weighted by Crippen LogP contribution is -2.28. The molecule has 0 fully saturated rings. The molecular weight excluding hydrogens is 204 g/mol. The number of hydrogen-bond acceptors (Lipinski definition) is 3. The van der Waals surface area contributed by atoms with E-state index in [4.69, 9.17) is 11.2 Å². The zero-order chi connectivity index (χ0) is 11.8. The SMILES string of the molecule is C#CCNC(=O)COc1ccc(NC)cc1. The van der Waals surface area contributed by atoms with Gasteiger partial charge in [0.1, 0.15) is 5.75 Å². The van der Waals surface area contributed by atoms with Crippen LogP contribution in [0.4, 0.5) is 5.69 Å². The Morgan fingerprint density at radius 2 is 2.12 bits per heavy atom. The Kier molecular flexibility index (Phi) is 4.74. The first-order chi connectivity index (χ1) is 7.76. The first-order valence-electron chi connectivity index (χ1n) is 4.87. The summed E-state index contributed by atoms with van der Waals surface area (Å²) in [5.41, 5.74) is 0.990. The standard InChI is InChI=1S/C12H14N2O2/c1-3-8-14-12(15)9-16-11-6-4-10(13-2)5-7-11/h1,4-7,13H,8-9H2,2H3,(H,14,15). The highest BCUT2D eigenvalue weighted by atomic mass is 16.5. The molecule has 1 aromatic rings. The van der Waals surface area contributed by atoms with Crippen LogP contribution in [0.5, 0.6) is 5.75 Å². The molecule has 0 unspecified atom stereocenters. The molecule has 0 aliphatic rings. The molecule has 4 nitrogen and oxygen atoms in total. The zero-order valence-corrected chi connectivity index (χ0v) is 9.12. The fraction of sp³-hybridized carbons (Fsp3) is 0.250. The molecule has 0 saturated heterocycles. The number of amides is 1. The summed E-state index contributed by atoms with van der Waals surface area (Å²) in [5.74, 6) is 2.74. The van der Waals surface area contributed by atoms with Crippen molar-refractivity contribution in [2.75, 3.05) is 25.5 Å². The number of nitrogens with one attached hydrogen (secondary N) is 2. The summed E-state index contributed by atoms with van der Waals surface area (Å²) in [6, 6.07) is 7.32. The maximum atomic E-state index is 11.2. The van der Waals surface area contributed by atoms with E-state index in [0.717, 1.165) is 5.69 Å². The van der Waals surface area contributed by atoms with E-state index in [1.165, 1.54) is 0 Å². The molecule has 1 amide bonds. The Bertz CT molecular complexity index is 379. The number of terminal acetylenes is 1. The molecule has 2 N–H and O–H groups in total. The van der Waals surface area contributed by atoms with Crippen molar-refractivity contribution in [2.45, 2.75) is 0 Å². The lowest BCUT2D eigenvalue weighted by Gasteiger charge is -2.06. The van der Waals surface area contributed by atoms with Gasteiger partial charge in [-0.1, -0.05) is 5.92 Å². The largest absolute Gasteiger partial charge is 0.484 e. The average molecular weight is 218 g/mol. The molecule has 0 bridgehead atoms. The van der Waals surface area contributed by atoms with Gasteiger partial charge in [0, 0.05) is 12.7 Å².